The Morgan fingerprint density at radius 2 is 2.14 bits per heavy atom. The number of carbonyl (C=O) groups is 1. The van der Waals surface area contributed by atoms with Gasteiger partial charge in [0, 0.05) is 18.0 Å². The van der Waals surface area contributed by atoms with Gasteiger partial charge in [-0.1, -0.05) is 17.7 Å². The van der Waals surface area contributed by atoms with Crippen molar-refractivity contribution in [1.82, 2.24) is 20.5 Å². The van der Waals surface area contributed by atoms with Crippen LogP contribution in [-0.2, 0) is 6.54 Å². The number of amides is 1. The van der Waals surface area contributed by atoms with Gasteiger partial charge in [0.25, 0.3) is 5.91 Å². The van der Waals surface area contributed by atoms with Gasteiger partial charge in [0.2, 0.25) is 11.8 Å². The fraction of sp³-hybridized carbons (Fsp3) is 0.125. The van der Waals surface area contributed by atoms with Crippen LogP contribution in [0.4, 0.5) is 0 Å². The van der Waals surface area contributed by atoms with Crippen molar-refractivity contribution in [3.8, 4) is 11.5 Å². The Balaban J connectivity index is 1.66. The molecule has 110 valence electrons. The van der Waals surface area contributed by atoms with Crippen LogP contribution in [0.5, 0.6) is 0 Å². The molecule has 1 N–H and O–H groups in total. The van der Waals surface area contributed by atoms with Crippen molar-refractivity contribution >= 4 is 5.91 Å². The number of nitrogens with zero attached hydrogens (tertiary/aromatic N) is 3. The maximum absolute atomic E-state index is 11.9. The van der Waals surface area contributed by atoms with Crippen LogP contribution >= 0.6 is 0 Å². The minimum Gasteiger partial charge on any atom is -0.419 e. The fourth-order valence-corrected chi connectivity index (χ4v) is 1.97. The zero-order chi connectivity index (χ0) is 15.4. The van der Waals surface area contributed by atoms with Crippen LogP contribution in [-0.4, -0.2) is 21.1 Å². The Bertz CT molecular complexity index is 784. The summed E-state index contributed by atoms with van der Waals surface area (Å²) < 4.78 is 5.56. The first-order chi connectivity index (χ1) is 10.7. The molecule has 0 aliphatic rings. The summed E-state index contributed by atoms with van der Waals surface area (Å²) in [4.78, 5) is 15.8. The highest BCUT2D eigenvalue weighted by molar-refractivity contribution is 5.93. The van der Waals surface area contributed by atoms with E-state index < -0.39 is 0 Å². The molecule has 6 heteroatoms. The van der Waals surface area contributed by atoms with Gasteiger partial charge in [-0.25, -0.2) is 0 Å². The Morgan fingerprint density at radius 1 is 1.23 bits per heavy atom. The SMILES string of the molecule is Cc1cccc(-c2nnc(CNC(=O)c3cccnc3)o2)c1. The molecule has 0 bridgehead atoms. The van der Waals surface area contributed by atoms with Crippen LogP contribution in [0.15, 0.2) is 53.2 Å². The molecule has 0 aliphatic heterocycles. The highest BCUT2D eigenvalue weighted by Crippen LogP contribution is 2.18. The molecule has 0 radical (unpaired) electrons. The molecule has 0 aliphatic carbocycles. The molecule has 0 unspecified atom stereocenters. The summed E-state index contributed by atoms with van der Waals surface area (Å²) >= 11 is 0. The number of aromatic nitrogens is 3. The molecule has 0 fully saturated rings. The van der Waals surface area contributed by atoms with Crippen LogP contribution < -0.4 is 5.32 Å². The molecule has 1 amide bonds. The van der Waals surface area contributed by atoms with Crippen molar-refractivity contribution in [2.45, 2.75) is 13.5 Å². The van der Waals surface area contributed by atoms with Crippen LogP contribution in [0.3, 0.4) is 0 Å². The van der Waals surface area contributed by atoms with Crippen LogP contribution in [0.2, 0.25) is 0 Å². The van der Waals surface area contributed by atoms with Gasteiger partial charge < -0.3 is 9.73 Å². The van der Waals surface area contributed by atoms with Crippen molar-refractivity contribution in [2.75, 3.05) is 0 Å². The average Bonchev–Trinajstić information content (AvgIpc) is 3.02. The topological polar surface area (TPSA) is 80.9 Å². The summed E-state index contributed by atoms with van der Waals surface area (Å²) in [5.74, 6) is 0.562. The van der Waals surface area contributed by atoms with Crippen molar-refractivity contribution in [2.24, 2.45) is 0 Å². The molecule has 22 heavy (non-hydrogen) atoms. The van der Waals surface area contributed by atoms with E-state index in [1.165, 1.54) is 6.20 Å². The first-order valence-corrected chi connectivity index (χ1v) is 6.80. The van der Waals surface area contributed by atoms with Gasteiger partial charge in [0.1, 0.15) is 0 Å². The smallest absolute Gasteiger partial charge is 0.253 e. The molecule has 0 saturated carbocycles. The van der Waals surface area contributed by atoms with E-state index in [2.05, 4.69) is 20.5 Å². The summed E-state index contributed by atoms with van der Waals surface area (Å²) in [7, 11) is 0. The Kier molecular flexibility index (Phi) is 3.91. The molecule has 2 aromatic heterocycles. The van der Waals surface area contributed by atoms with Gasteiger partial charge >= 0.3 is 0 Å². The zero-order valence-corrected chi connectivity index (χ0v) is 12.0. The molecule has 0 atom stereocenters. The lowest BCUT2D eigenvalue weighted by molar-refractivity contribution is 0.0947. The van der Waals surface area contributed by atoms with E-state index in [0.717, 1.165) is 11.1 Å². The fourth-order valence-electron chi connectivity index (χ4n) is 1.97. The van der Waals surface area contributed by atoms with E-state index in [1.807, 2.05) is 31.2 Å². The number of benzene rings is 1. The van der Waals surface area contributed by atoms with Crippen LogP contribution in [0.1, 0.15) is 21.8 Å². The van der Waals surface area contributed by atoms with Crippen molar-refractivity contribution in [1.29, 1.82) is 0 Å². The first-order valence-electron chi connectivity index (χ1n) is 6.80. The molecule has 1 aromatic carbocycles. The van der Waals surface area contributed by atoms with E-state index in [0.29, 0.717) is 17.3 Å². The third-order valence-electron chi connectivity index (χ3n) is 3.06. The lowest BCUT2D eigenvalue weighted by Crippen LogP contribution is -2.23. The van der Waals surface area contributed by atoms with Gasteiger partial charge in [-0.05, 0) is 31.2 Å². The number of nitrogens with one attached hydrogen (secondary N) is 1. The van der Waals surface area contributed by atoms with Crippen LogP contribution in [0, 0.1) is 6.92 Å². The van der Waals surface area contributed by atoms with Gasteiger partial charge in [0.15, 0.2) is 0 Å². The second kappa shape index (κ2) is 6.17. The highest BCUT2D eigenvalue weighted by atomic mass is 16.4. The average molecular weight is 294 g/mol. The Hall–Kier alpha value is -3.02. The molecule has 3 rings (SSSR count). The standard InChI is InChI=1S/C16H14N4O2/c1-11-4-2-5-12(8-11)16-20-19-14(22-16)10-18-15(21)13-6-3-7-17-9-13/h2-9H,10H2,1H3,(H,18,21). The summed E-state index contributed by atoms with van der Waals surface area (Å²) in [5.41, 5.74) is 2.46. The third kappa shape index (κ3) is 3.17. The maximum atomic E-state index is 11.9. The summed E-state index contributed by atoms with van der Waals surface area (Å²) in [6.45, 7) is 2.17. The summed E-state index contributed by atoms with van der Waals surface area (Å²) in [5, 5.41) is 10.7. The van der Waals surface area contributed by atoms with Crippen LogP contribution in [0.25, 0.3) is 11.5 Å². The maximum Gasteiger partial charge on any atom is 0.253 e. The van der Waals surface area contributed by atoms with E-state index in [-0.39, 0.29) is 12.5 Å². The Labute approximate surface area is 127 Å². The molecule has 6 nitrogen and oxygen atoms in total. The largest absolute Gasteiger partial charge is 0.419 e. The molecule has 3 aromatic rings. The van der Waals surface area contributed by atoms with Crippen molar-refractivity contribution in [3.63, 3.8) is 0 Å². The molecular formula is C16H14N4O2. The van der Waals surface area contributed by atoms with Gasteiger partial charge in [-0.2, -0.15) is 0 Å². The lowest BCUT2D eigenvalue weighted by atomic mass is 10.1. The summed E-state index contributed by atoms with van der Waals surface area (Å²) in [6.07, 6.45) is 3.12. The predicted octanol–water partition coefficient (Wildman–Crippen LogP) is 2.37. The van der Waals surface area contributed by atoms with Crippen molar-refractivity contribution in [3.05, 3.63) is 65.8 Å². The monoisotopic (exact) mass is 294 g/mol. The molecular weight excluding hydrogens is 280 g/mol. The normalized spacial score (nSPS) is 10.4. The van der Waals surface area contributed by atoms with Gasteiger partial charge in [0.05, 0.1) is 12.1 Å². The zero-order valence-electron chi connectivity index (χ0n) is 12.0. The van der Waals surface area contributed by atoms with Gasteiger partial charge in [-0.15, -0.1) is 10.2 Å². The van der Waals surface area contributed by atoms with E-state index in [4.69, 9.17) is 4.42 Å². The first kappa shape index (κ1) is 13.9. The van der Waals surface area contributed by atoms with Gasteiger partial charge in [-0.3, -0.25) is 9.78 Å². The molecule has 0 spiro atoms. The Morgan fingerprint density at radius 3 is 2.91 bits per heavy atom. The highest BCUT2D eigenvalue weighted by Gasteiger charge is 2.10. The number of hydrogen-bond acceptors (Lipinski definition) is 5. The number of carbonyl (C=O) groups excluding carboxylic acids is 1. The quantitative estimate of drug-likeness (QED) is 0.799. The van der Waals surface area contributed by atoms with E-state index in [1.54, 1.807) is 18.3 Å². The second-order valence-corrected chi connectivity index (χ2v) is 4.79. The number of hydrogen-bond donors (Lipinski definition) is 1. The lowest BCUT2D eigenvalue weighted by Gasteiger charge is -2.01. The third-order valence-corrected chi connectivity index (χ3v) is 3.06. The predicted molar refractivity (Wildman–Crippen MR) is 79.9 cm³/mol. The second-order valence-electron chi connectivity index (χ2n) is 4.79. The number of pyridine rings is 1. The van der Waals surface area contributed by atoms with E-state index >= 15 is 0 Å². The minimum atomic E-state index is -0.233. The summed E-state index contributed by atoms with van der Waals surface area (Å²) in [6, 6.07) is 11.2. The molecule has 2 heterocycles. The van der Waals surface area contributed by atoms with E-state index in [9.17, 15) is 4.79 Å². The molecule has 0 saturated heterocycles. The number of rotatable bonds is 4. The van der Waals surface area contributed by atoms with Crippen molar-refractivity contribution < 1.29 is 9.21 Å². The minimum absolute atomic E-state index is 0.173. The number of aryl methyl sites for hydroxylation is 1.